The van der Waals surface area contributed by atoms with Crippen LogP contribution >= 0.6 is 24.0 Å². The Morgan fingerprint density at radius 3 is 2.52 bits per heavy atom. The van der Waals surface area contributed by atoms with Crippen molar-refractivity contribution < 1.29 is 14.2 Å². The molecule has 0 unspecified atom stereocenters. The second kappa shape index (κ2) is 12.1. The van der Waals surface area contributed by atoms with Gasteiger partial charge in [-0.3, -0.25) is 9.89 Å². The number of benzene rings is 1. The molecule has 31 heavy (non-hydrogen) atoms. The number of halogens is 1. The molecule has 0 amide bonds. The zero-order chi connectivity index (χ0) is 20.7. The number of nitrogens with one attached hydrogen (secondary N) is 2. The largest absolute Gasteiger partial charge is 0.486 e. The van der Waals surface area contributed by atoms with Gasteiger partial charge < -0.3 is 24.8 Å². The van der Waals surface area contributed by atoms with Gasteiger partial charge in [0.05, 0.1) is 19.8 Å². The lowest BCUT2D eigenvalue weighted by atomic mass is 9.79. The van der Waals surface area contributed by atoms with Crippen LogP contribution in [-0.4, -0.2) is 76.6 Å². The highest BCUT2D eigenvalue weighted by atomic mass is 127. The van der Waals surface area contributed by atoms with Crippen LogP contribution in [0.4, 0.5) is 0 Å². The van der Waals surface area contributed by atoms with Crippen LogP contribution in [0.25, 0.3) is 0 Å². The zero-order valence-electron chi connectivity index (χ0n) is 18.7. The van der Waals surface area contributed by atoms with E-state index in [1.807, 2.05) is 0 Å². The number of fused-ring (bicyclic) bond motifs is 1. The lowest BCUT2D eigenvalue weighted by Crippen LogP contribution is -2.45. The third kappa shape index (κ3) is 6.38. The predicted octanol–water partition coefficient (Wildman–Crippen LogP) is 2.77. The molecule has 2 fully saturated rings. The monoisotopic (exact) mass is 544 g/mol. The number of guanidine groups is 1. The quantitative estimate of drug-likeness (QED) is 0.313. The molecule has 1 saturated heterocycles. The van der Waals surface area contributed by atoms with Crippen LogP contribution in [0.5, 0.6) is 11.5 Å². The van der Waals surface area contributed by atoms with E-state index in [0.717, 1.165) is 69.9 Å². The van der Waals surface area contributed by atoms with Gasteiger partial charge in [-0.2, -0.15) is 0 Å². The van der Waals surface area contributed by atoms with E-state index in [4.69, 9.17) is 19.2 Å². The molecule has 174 valence electrons. The van der Waals surface area contributed by atoms with Crippen molar-refractivity contribution in [2.75, 3.05) is 65.7 Å². The maximum atomic E-state index is 5.84. The standard InChI is InChI=1S/C23H36N4O3.HI/c1-2-24-22(25-9-10-27-11-13-28-14-12-27)26-18-23(7-3-4-8-23)19-5-6-20-21(17-19)30-16-15-29-20;/h5-6,17H,2-4,7-16,18H2,1H3,(H2,24,25,26);1H. The van der Waals surface area contributed by atoms with E-state index >= 15 is 0 Å². The van der Waals surface area contributed by atoms with E-state index in [-0.39, 0.29) is 29.4 Å². The third-order valence-electron chi connectivity index (χ3n) is 6.42. The fraction of sp³-hybridized carbons (Fsp3) is 0.696. The second-order valence-corrected chi connectivity index (χ2v) is 8.42. The Morgan fingerprint density at radius 1 is 1.03 bits per heavy atom. The third-order valence-corrected chi connectivity index (χ3v) is 6.42. The summed E-state index contributed by atoms with van der Waals surface area (Å²) < 4.78 is 17.0. The van der Waals surface area contributed by atoms with Gasteiger partial charge in [-0.15, -0.1) is 24.0 Å². The molecule has 0 atom stereocenters. The van der Waals surface area contributed by atoms with Gasteiger partial charge in [-0.25, -0.2) is 0 Å². The van der Waals surface area contributed by atoms with Gasteiger partial charge in [0.25, 0.3) is 0 Å². The number of ether oxygens (including phenoxy) is 3. The van der Waals surface area contributed by atoms with Crippen LogP contribution in [0.3, 0.4) is 0 Å². The summed E-state index contributed by atoms with van der Waals surface area (Å²) in [5.74, 6) is 2.65. The second-order valence-electron chi connectivity index (χ2n) is 8.42. The highest BCUT2D eigenvalue weighted by Gasteiger charge is 2.36. The average molecular weight is 544 g/mol. The molecule has 2 aliphatic heterocycles. The van der Waals surface area contributed by atoms with Crippen molar-refractivity contribution in [2.45, 2.75) is 38.0 Å². The molecule has 8 heteroatoms. The molecular weight excluding hydrogens is 507 g/mol. The Balaban J connectivity index is 0.00000272. The minimum atomic E-state index is 0. The van der Waals surface area contributed by atoms with Crippen molar-refractivity contribution in [3.8, 4) is 11.5 Å². The molecule has 7 nitrogen and oxygen atoms in total. The molecule has 0 aromatic heterocycles. The summed E-state index contributed by atoms with van der Waals surface area (Å²) >= 11 is 0. The van der Waals surface area contributed by atoms with Crippen LogP contribution in [-0.2, 0) is 10.2 Å². The number of morpholine rings is 1. The van der Waals surface area contributed by atoms with Gasteiger partial charge in [0.1, 0.15) is 13.2 Å². The Hall–Kier alpha value is -1.26. The molecular formula is C23H37IN4O3. The Kier molecular flexibility index (Phi) is 9.52. The van der Waals surface area contributed by atoms with Crippen LogP contribution < -0.4 is 20.1 Å². The van der Waals surface area contributed by atoms with Gasteiger partial charge in [0.15, 0.2) is 17.5 Å². The fourth-order valence-corrected chi connectivity index (χ4v) is 4.69. The molecule has 1 saturated carbocycles. The van der Waals surface area contributed by atoms with Crippen LogP contribution in [0.1, 0.15) is 38.2 Å². The normalized spacial score (nSPS) is 20.7. The average Bonchev–Trinajstić information content (AvgIpc) is 3.28. The van der Waals surface area contributed by atoms with Crippen LogP contribution in [0.15, 0.2) is 23.2 Å². The number of hydrogen-bond donors (Lipinski definition) is 2. The van der Waals surface area contributed by atoms with Gasteiger partial charge >= 0.3 is 0 Å². The molecule has 2 N–H and O–H groups in total. The summed E-state index contributed by atoms with van der Waals surface area (Å²) in [6.07, 6.45) is 4.85. The van der Waals surface area contributed by atoms with Crippen molar-refractivity contribution in [3.05, 3.63) is 23.8 Å². The molecule has 1 aromatic carbocycles. The predicted molar refractivity (Wildman–Crippen MR) is 134 cm³/mol. The van der Waals surface area contributed by atoms with Crippen LogP contribution in [0.2, 0.25) is 0 Å². The fourth-order valence-electron chi connectivity index (χ4n) is 4.69. The Bertz CT molecular complexity index is 719. The molecule has 0 spiro atoms. The van der Waals surface area contributed by atoms with Crippen LogP contribution in [0, 0.1) is 0 Å². The van der Waals surface area contributed by atoms with Gasteiger partial charge in [0.2, 0.25) is 0 Å². The maximum Gasteiger partial charge on any atom is 0.191 e. The minimum absolute atomic E-state index is 0. The van der Waals surface area contributed by atoms with Crippen molar-refractivity contribution in [1.82, 2.24) is 15.5 Å². The first-order valence-electron chi connectivity index (χ1n) is 11.5. The number of rotatable bonds is 7. The Morgan fingerprint density at radius 2 is 1.77 bits per heavy atom. The molecule has 0 bridgehead atoms. The maximum absolute atomic E-state index is 5.84. The first-order chi connectivity index (χ1) is 14.8. The summed E-state index contributed by atoms with van der Waals surface area (Å²) in [4.78, 5) is 7.46. The molecule has 1 aliphatic carbocycles. The van der Waals surface area contributed by atoms with Gasteiger partial charge in [-0.05, 0) is 37.5 Å². The summed E-state index contributed by atoms with van der Waals surface area (Å²) in [5.41, 5.74) is 1.42. The summed E-state index contributed by atoms with van der Waals surface area (Å²) in [6, 6.07) is 6.47. The van der Waals surface area contributed by atoms with E-state index in [9.17, 15) is 0 Å². The van der Waals surface area contributed by atoms with Crippen molar-refractivity contribution >= 4 is 29.9 Å². The molecule has 2 heterocycles. The number of aliphatic imine (C=N–C) groups is 1. The highest BCUT2D eigenvalue weighted by Crippen LogP contribution is 2.44. The number of nitrogens with zero attached hydrogens (tertiary/aromatic N) is 2. The van der Waals surface area contributed by atoms with Crippen molar-refractivity contribution in [2.24, 2.45) is 4.99 Å². The van der Waals surface area contributed by atoms with E-state index in [1.165, 1.54) is 31.2 Å². The van der Waals surface area contributed by atoms with E-state index in [2.05, 4.69) is 40.7 Å². The molecule has 0 radical (unpaired) electrons. The van der Waals surface area contributed by atoms with Gasteiger partial charge in [0, 0.05) is 38.1 Å². The highest BCUT2D eigenvalue weighted by molar-refractivity contribution is 14.0. The zero-order valence-corrected chi connectivity index (χ0v) is 21.0. The van der Waals surface area contributed by atoms with E-state index in [0.29, 0.717) is 13.2 Å². The first-order valence-corrected chi connectivity index (χ1v) is 11.5. The minimum Gasteiger partial charge on any atom is -0.486 e. The van der Waals surface area contributed by atoms with Gasteiger partial charge in [-0.1, -0.05) is 18.9 Å². The SMILES string of the molecule is CCNC(=NCC1(c2ccc3c(c2)OCCO3)CCCC1)NCCN1CCOCC1.I. The molecule has 1 aromatic rings. The summed E-state index contributed by atoms with van der Waals surface area (Å²) in [6.45, 7) is 10.6. The topological polar surface area (TPSA) is 67.4 Å². The van der Waals surface area contributed by atoms with E-state index < -0.39 is 0 Å². The smallest absolute Gasteiger partial charge is 0.191 e. The van der Waals surface area contributed by atoms with Crippen molar-refractivity contribution in [3.63, 3.8) is 0 Å². The Labute approximate surface area is 203 Å². The lowest BCUT2D eigenvalue weighted by molar-refractivity contribution is 0.0389. The number of hydrogen-bond acceptors (Lipinski definition) is 5. The lowest BCUT2D eigenvalue weighted by Gasteiger charge is -2.30. The summed E-state index contributed by atoms with van der Waals surface area (Å²) in [5, 5.41) is 6.94. The van der Waals surface area contributed by atoms with Crippen molar-refractivity contribution in [1.29, 1.82) is 0 Å². The molecule has 3 aliphatic rings. The molecule has 4 rings (SSSR count). The first kappa shape index (κ1) is 24.4. The summed E-state index contributed by atoms with van der Waals surface area (Å²) in [7, 11) is 0. The van der Waals surface area contributed by atoms with E-state index in [1.54, 1.807) is 0 Å².